The van der Waals surface area contributed by atoms with Gasteiger partial charge in [0.05, 0.1) is 18.5 Å². The first kappa shape index (κ1) is 17.7. The van der Waals surface area contributed by atoms with E-state index in [4.69, 9.17) is 4.42 Å². The summed E-state index contributed by atoms with van der Waals surface area (Å²) in [4.78, 5) is 29.1. The summed E-state index contributed by atoms with van der Waals surface area (Å²) in [6.45, 7) is 4.10. The Morgan fingerprint density at radius 1 is 1.21 bits per heavy atom. The third-order valence-electron chi connectivity index (χ3n) is 4.52. The van der Waals surface area contributed by atoms with Crippen molar-refractivity contribution < 1.29 is 9.21 Å². The van der Waals surface area contributed by atoms with Gasteiger partial charge in [-0.25, -0.2) is 4.98 Å². The van der Waals surface area contributed by atoms with Crippen LogP contribution >= 0.6 is 0 Å². The van der Waals surface area contributed by atoms with Gasteiger partial charge in [-0.1, -0.05) is 11.3 Å². The molecule has 3 heterocycles. The predicted molar refractivity (Wildman–Crippen MR) is 101 cm³/mol. The van der Waals surface area contributed by atoms with Crippen LogP contribution < -0.4 is 10.9 Å². The molecule has 9 nitrogen and oxygen atoms in total. The van der Waals surface area contributed by atoms with Gasteiger partial charge < -0.3 is 9.73 Å². The van der Waals surface area contributed by atoms with Crippen molar-refractivity contribution in [2.45, 2.75) is 26.9 Å². The number of aromatic nitrogens is 5. The molecule has 0 atom stereocenters. The van der Waals surface area contributed by atoms with Gasteiger partial charge in [0.1, 0.15) is 18.6 Å². The third kappa shape index (κ3) is 3.29. The summed E-state index contributed by atoms with van der Waals surface area (Å²) in [5.41, 5.74) is 3.06. The van der Waals surface area contributed by atoms with Gasteiger partial charge in [0, 0.05) is 0 Å². The molecular formula is C19H18N6O3. The largest absolute Gasteiger partial charge is 0.467 e. The molecular weight excluding hydrogens is 360 g/mol. The summed E-state index contributed by atoms with van der Waals surface area (Å²) < 4.78 is 7.89. The zero-order valence-corrected chi connectivity index (χ0v) is 15.4. The molecule has 142 valence electrons. The van der Waals surface area contributed by atoms with Crippen molar-refractivity contribution in [2.24, 2.45) is 0 Å². The number of fused-ring (bicyclic) bond motifs is 1. The monoisotopic (exact) mass is 378 g/mol. The van der Waals surface area contributed by atoms with E-state index in [1.165, 1.54) is 21.8 Å². The highest BCUT2D eigenvalue weighted by atomic mass is 16.3. The number of nitrogens with one attached hydrogen (secondary N) is 1. The number of carbonyl (C=O) groups excluding carboxylic acids is 1. The standard InChI is InChI=1S/C19H18N6O3/c1-12-5-6-14(8-13(12)2)25-18-17(22-23-25)19(27)24(11-21-18)10-16(26)20-9-15-4-3-7-28-15/h3-8,11H,9-10H2,1-2H3,(H,20,26). The van der Waals surface area contributed by atoms with Crippen LogP contribution in [0.4, 0.5) is 0 Å². The maximum atomic E-state index is 12.7. The molecule has 0 unspecified atom stereocenters. The van der Waals surface area contributed by atoms with Crippen LogP contribution in [0, 0.1) is 13.8 Å². The van der Waals surface area contributed by atoms with Crippen LogP contribution in [-0.4, -0.2) is 30.5 Å². The van der Waals surface area contributed by atoms with Crippen molar-refractivity contribution in [3.63, 3.8) is 0 Å². The second-order valence-electron chi connectivity index (χ2n) is 6.48. The molecule has 0 fully saturated rings. The fraction of sp³-hybridized carbons (Fsp3) is 0.211. The minimum absolute atomic E-state index is 0.111. The van der Waals surface area contributed by atoms with Gasteiger partial charge in [-0.05, 0) is 49.2 Å². The second kappa shape index (κ2) is 7.10. The third-order valence-corrected chi connectivity index (χ3v) is 4.52. The van der Waals surface area contributed by atoms with Gasteiger partial charge in [-0.2, -0.15) is 4.68 Å². The molecule has 0 saturated carbocycles. The van der Waals surface area contributed by atoms with Crippen molar-refractivity contribution in [3.8, 4) is 5.69 Å². The van der Waals surface area contributed by atoms with Crippen molar-refractivity contribution in [1.29, 1.82) is 0 Å². The van der Waals surface area contributed by atoms with Crippen molar-refractivity contribution in [3.05, 3.63) is 70.2 Å². The normalized spacial score (nSPS) is 11.1. The molecule has 28 heavy (non-hydrogen) atoms. The quantitative estimate of drug-likeness (QED) is 0.564. The van der Waals surface area contributed by atoms with E-state index in [-0.39, 0.29) is 24.5 Å². The molecule has 9 heteroatoms. The van der Waals surface area contributed by atoms with E-state index in [1.807, 2.05) is 32.0 Å². The van der Waals surface area contributed by atoms with Crippen LogP contribution in [0.1, 0.15) is 16.9 Å². The number of rotatable bonds is 5. The molecule has 4 aromatic rings. The number of amides is 1. The van der Waals surface area contributed by atoms with Crippen LogP contribution in [-0.2, 0) is 17.9 Å². The minimum atomic E-state index is -0.423. The van der Waals surface area contributed by atoms with Gasteiger partial charge in [-0.3, -0.25) is 14.2 Å². The first-order valence-corrected chi connectivity index (χ1v) is 8.70. The fourth-order valence-electron chi connectivity index (χ4n) is 2.80. The number of benzene rings is 1. The lowest BCUT2D eigenvalue weighted by atomic mass is 10.1. The summed E-state index contributed by atoms with van der Waals surface area (Å²) in [5.74, 6) is 0.298. The Labute approximate surface area is 159 Å². The molecule has 0 aliphatic heterocycles. The number of nitrogens with zero attached hydrogens (tertiary/aromatic N) is 5. The van der Waals surface area contributed by atoms with Crippen molar-refractivity contribution in [1.82, 2.24) is 29.9 Å². The molecule has 1 N–H and O–H groups in total. The lowest BCUT2D eigenvalue weighted by molar-refractivity contribution is -0.122. The average Bonchev–Trinajstić information content (AvgIpc) is 3.34. The highest BCUT2D eigenvalue weighted by Crippen LogP contribution is 2.16. The van der Waals surface area contributed by atoms with E-state index in [0.717, 1.165) is 16.8 Å². The van der Waals surface area contributed by atoms with Crippen molar-refractivity contribution >= 4 is 17.1 Å². The SMILES string of the molecule is Cc1ccc(-n2nnc3c(=O)n(CC(=O)NCc4ccco4)cnc32)cc1C. The molecule has 1 amide bonds. The highest BCUT2D eigenvalue weighted by molar-refractivity contribution is 5.76. The van der Waals surface area contributed by atoms with Crippen LogP contribution in [0.2, 0.25) is 0 Å². The fourth-order valence-corrected chi connectivity index (χ4v) is 2.80. The Hall–Kier alpha value is -3.75. The zero-order chi connectivity index (χ0) is 19.7. The van der Waals surface area contributed by atoms with Gasteiger partial charge >= 0.3 is 0 Å². The summed E-state index contributed by atoms with van der Waals surface area (Å²) in [7, 11) is 0. The second-order valence-corrected chi connectivity index (χ2v) is 6.48. The maximum Gasteiger partial charge on any atom is 0.284 e. The Morgan fingerprint density at radius 2 is 2.07 bits per heavy atom. The van der Waals surface area contributed by atoms with E-state index in [0.29, 0.717) is 11.4 Å². The lowest BCUT2D eigenvalue weighted by Crippen LogP contribution is -2.32. The lowest BCUT2D eigenvalue weighted by Gasteiger charge is -2.07. The average molecular weight is 378 g/mol. The van der Waals surface area contributed by atoms with E-state index in [2.05, 4.69) is 20.6 Å². The Morgan fingerprint density at radius 3 is 2.82 bits per heavy atom. The summed E-state index contributed by atoms with van der Waals surface area (Å²) in [6, 6.07) is 9.32. The van der Waals surface area contributed by atoms with E-state index < -0.39 is 5.56 Å². The number of furan rings is 1. The molecule has 0 spiro atoms. The summed E-state index contributed by atoms with van der Waals surface area (Å²) in [5, 5.41) is 10.7. The van der Waals surface area contributed by atoms with Gasteiger partial charge in [-0.15, -0.1) is 5.10 Å². The van der Waals surface area contributed by atoms with Crippen LogP contribution in [0.5, 0.6) is 0 Å². The number of carbonyl (C=O) groups is 1. The van der Waals surface area contributed by atoms with E-state index >= 15 is 0 Å². The van der Waals surface area contributed by atoms with Crippen LogP contribution in [0.15, 0.2) is 52.1 Å². The Bertz CT molecular complexity index is 1210. The first-order chi connectivity index (χ1) is 13.5. The number of hydrogen-bond donors (Lipinski definition) is 1. The minimum Gasteiger partial charge on any atom is -0.467 e. The van der Waals surface area contributed by atoms with Gasteiger partial charge in [0.15, 0.2) is 11.2 Å². The number of aryl methyl sites for hydroxylation is 2. The van der Waals surface area contributed by atoms with Crippen LogP contribution in [0.3, 0.4) is 0 Å². The highest BCUT2D eigenvalue weighted by Gasteiger charge is 2.15. The van der Waals surface area contributed by atoms with E-state index in [1.54, 1.807) is 12.1 Å². The van der Waals surface area contributed by atoms with Gasteiger partial charge in [0.25, 0.3) is 5.56 Å². The Kier molecular flexibility index (Phi) is 4.48. The summed E-state index contributed by atoms with van der Waals surface area (Å²) >= 11 is 0. The smallest absolute Gasteiger partial charge is 0.284 e. The topological polar surface area (TPSA) is 108 Å². The molecule has 0 aliphatic rings. The van der Waals surface area contributed by atoms with Crippen molar-refractivity contribution in [2.75, 3.05) is 0 Å². The summed E-state index contributed by atoms with van der Waals surface area (Å²) in [6.07, 6.45) is 2.86. The van der Waals surface area contributed by atoms with Gasteiger partial charge in [0.2, 0.25) is 5.91 Å². The molecule has 0 radical (unpaired) electrons. The molecule has 4 rings (SSSR count). The van der Waals surface area contributed by atoms with Crippen LogP contribution in [0.25, 0.3) is 16.9 Å². The molecule has 1 aromatic carbocycles. The molecule has 0 aliphatic carbocycles. The van der Waals surface area contributed by atoms with E-state index in [9.17, 15) is 9.59 Å². The first-order valence-electron chi connectivity index (χ1n) is 8.70. The molecule has 3 aromatic heterocycles. The molecule has 0 saturated heterocycles. The predicted octanol–water partition coefficient (Wildman–Crippen LogP) is 1.50. The maximum absolute atomic E-state index is 12.7. The zero-order valence-electron chi connectivity index (χ0n) is 15.4. The number of hydrogen-bond acceptors (Lipinski definition) is 6. The Balaban J connectivity index is 1.58. The molecule has 0 bridgehead atoms.